The first kappa shape index (κ1) is 24.2. The molecule has 2 rings (SSSR count). The number of ether oxygens (including phenoxy) is 2. The van der Waals surface area contributed by atoms with E-state index in [4.69, 9.17) is 9.47 Å². The van der Waals surface area contributed by atoms with E-state index < -0.39 is 11.8 Å². The molecule has 0 bridgehead atoms. The highest BCUT2D eigenvalue weighted by Crippen LogP contribution is 2.26. The topological polar surface area (TPSA) is 106 Å². The van der Waals surface area contributed by atoms with Gasteiger partial charge >= 0.3 is 0 Å². The molecule has 3 N–H and O–H groups in total. The lowest BCUT2D eigenvalue weighted by Gasteiger charge is -2.11. The van der Waals surface area contributed by atoms with Crippen molar-refractivity contribution in [2.24, 2.45) is 0 Å². The molecule has 0 atom stereocenters. The van der Waals surface area contributed by atoms with E-state index in [1.807, 2.05) is 26.0 Å². The van der Waals surface area contributed by atoms with Gasteiger partial charge in [-0.25, -0.2) is 0 Å². The maximum atomic E-state index is 12.0. The smallest absolute Gasteiger partial charge is 0.276 e. The van der Waals surface area contributed by atoms with Crippen LogP contribution in [0.15, 0.2) is 46.9 Å². The van der Waals surface area contributed by atoms with Crippen molar-refractivity contribution in [3.63, 3.8) is 0 Å². The number of carbonyl (C=O) groups excluding carboxylic acids is 3. The lowest BCUT2D eigenvalue weighted by molar-refractivity contribution is -0.130. The quantitative estimate of drug-likeness (QED) is 0.442. The maximum absolute atomic E-state index is 12.0. The second kappa shape index (κ2) is 12.6. The number of anilines is 1. The third kappa shape index (κ3) is 8.67. The highest BCUT2D eigenvalue weighted by atomic mass is 79.9. The predicted molar refractivity (Wildman–Crippen MR) is 121 cm³/mol. The Kier molecular flexibility index (Phi) is 9.83. The van der Waals surface area contributed by atoms with Crippen LogP contribution in [-0.4, -0.2) is 30.9 Å². The lowest BCUT2D eigenvalue weighted by Crippen LogP contribution is -2.44. The van der Waals surface area contributed by atoms with Crippen molar-refractivity contribution >= 4 is 39.3 Å². The first-order valence-corrected chi connectivity index (χ1v) is 10.7. The van der Waals surface area contributed by atoms with Crippen LogP contribution in [0, 0.1) is 0 Å². The van der Waals surface area contributed by atoms with E-state index in [0.717, 1.165) is 16.5 Å². The van der Waals surface area contributed by atoms with Gasteiger partial charge in [-0.2, -0.15) is 0 Å². The van der Waals surface area contributed by atoms with Crippen molar-refractivity contribution in [1.82, 2.24) is 10.9 Å². The highest BCUT2D eigenvalue weighted by Gasteiger charge is 2.10. The van der Waals surface area contributed by atoms with Gasteiger partial charge in [-0.1, -0.05) is 13.0 Å². The van der Waals surface area contributed by atoms with E-state index in [0.29, 0.717) is 23.8 Å². The molecule has 9 heteroatoms. The van der Waals surface area contributed by atoms with Crippen LogP contribution in [0.1, 0.15) is 32.3 Å². The molecule has 8 nitrogen and oxygen atoms in total. The molecule has 0 heterocycles. The van der Waals surface area contributed by atoms with Gasteiger partial charge in [0, 0.05) is 18.5 Å². The van der Waals surface area contributed by atoms with Gasteiger partial charge < -0.3 is 14.8 Å². The Bertz CT molecular complexity index is 903. The van der Waals surface area contributed by atoms with Crippen LogP contribution < -0.4 is 25.6 Å². The zero-order valence-corrected chi connectivity index (χ0v) is 19.1. The summed E-state index contributed by atoms with van der Waals surface area (Å²) in [5.41, 5.74) is 6.28. The molecule has 0 spiro atoms. The number of benzene rings is 2. The Morgan fingerprint density at radius 3 is 2.19 bits per heavy atom. The normalized spacial score (nSPS) is 10.2. The Morgan fingerprint density at radius 1 is 0.871 bits per heavy atom. The van der Waals surface area contributed by atoms with E-state index in [-0.39, 0.29) is 25.4 Å². The summed E-state index contributed by atoms with van der Waals surface area (Å²) in [5, 5.41) is 2.70. The second-order valence-electron chi connectivity index (χ2n) is 6.51. The fourth-order valence-corrected chi connectivity index (χ4v) is 3.05. The van der Waals surface area contributed by atoms with E-state index >= 15 is 0 Å². The third-order valence-electron chi connectivity index (χ3n) is 4.13. The monoisotopic (exact) mass is 491 g/mol. The van der Waals surface area contributed by atoms with Gasteiger partial charge in [0.2, 0.25) is 11.8 Å². The van der Waals surface area contributed by atoms with Crippen LogP contribution in [-0.2, 0) is 20.8 Å². The summed E-state index contributed by atoms with van der Waals surface area (Å²) in [5.74, 6) is -0.0637. The second-order valence-corrected chi connectivity index (χ2v) is 7.36. The number of carbonyl (C=O) groups is 3. The summed E-state index contributed by atoms with van der Waals surface area (Å²) < 4.78 is 11.5. The molecule has 31 heavy (non-hydrogen) atoms. The molecule has 0 aliphatic carbocycles. The molecule has 2 aromatic rings. The summed E-state index contributed by atoms with van der Waals surface area (Å²) in [7, 11) is 0. The zero-order chi connectivity index (χ0) is 22.6. The van der Waals surface area contributed by atoms with Crippen LogP contribution in [0.4, 0.5) is 5.69 Å². The minimum absolute atomic E-state index is 0.0257. The van der Waals surface area contributed by atoms with Gasteiger partial charge in [0.1, 0.15) is 11.5 Å². The molecule has 0 unspecified atom stereocenters. The summed E-state index contributed by atoms with van der Waals surface area (Å²) in [4.78, 5) is 35.7. The number of hydrogen-bond donors (Lipinski definition) is 3. The van der Waals surface area contributed by atoms with Crippen LogP contribution in [0.2, 0.25) is 0 Å². The van der Waals surface area contributed by atoms with Gasteiger partial charge in [-0.05, 0) is 71.2 Å². The molecule has 0 saturated carbocycles. The third-order valence-corrected chi connectivity index (χ3v) is 4.75. The van der Waals surface area contributed by atoms with Crippen molar-refractivity contribution in [2.75, 3.05) is 18.5 Å². The van der Waals surface area contributed by atoms with Crippen LogP contribution in [0.3, 0.4) is 0 Å². The lowest BCUT2D eigenvalue weighted by atomic mass is 10.2. The van der Waals surface area contributed by atoms with E-state index in [2.05, 4.69) is 32.1 Å². The van der Waals surface area contributed by atoms with Gasteiger partial charge in [0.15, 0.2) is 6.61 Å². The number of halogens is 1. The first-order valence-electron chi connectivity index (χ1n) is 9.92. The van der Waals surface area contributed by atoms with Crippen molar-refractivity contribution in [3.8, 4) is 11.5 Å². The molecular weight excluding hydrogens is 466 g/mol. The number of aryl methyl sites for hydroxylation is 1. The standard InChI is InChI=1S/C22H26BrN3O5/c1-3-15-5-10-19(18(23)13-15)31-14-22(29)26-25-21(28)12-11-20(27)24-16-6-8-17(9-7-16)30-4-2/h5-10,13H,3-4,11-12,14H2,1-2H3,(H,24,27)(H,25,28)(H,26,29). The van der Waals surface area contributed by atoms with Crippen molar-refractivity contribution in [1.29, 1.82) is 0 Å². The number of nitrogens with one attached hydrogen (secondary N) is 3. The fourth-order valence-electron chi connectivity index (χ4n) is 2.51. The van der Waals surface area contributed by atoms with Crippen LogP contribution in [0.5, 0.6) is 11.5 Å². The first-order chi connectivity index (χ1) is 14.9. The zero-order valence-electron chi connectivity index (χ0n) is 17.5. The average molecular weight is 492 g/mol. The van der Waals surface area contributed by atoms with E-state index in [1.165, 1.54) is 0 Å². The number of amides is 3. The molecule has 0 radical (unpaired) electrons. The van der Waals surface area contributed by atoms with E-state index in [9.17, 15) is 14.4 Å². The molecule has 0 fully saturated rings. The SMILES string of the molecule is CCOc1ccc(NC(=O)CCC(=O)NNC(=O)COc2ccc(CC)cc2Br)cc1. The summed E-state index contributed by atoms with van der Waals surface area (Å²) in [6.45, 7) is 4.23. The molecule has 0 aliphatic rings. The van der Waals surface area contributed by atoms with Crippen molar-refractivity contribution in [2.45, 2.75) is 33.1 Å². The number of hydrazine groups is 1. The Balaban J connectivity index is 1.65. The Hall–Kier alpha value is -3.07. The van der Waals surface area contributed by atoms with Gasteiger partial charge in [0.05, 0.1) is 11.1 Å². The molecule has 0 aromatic heterocycles. The summed E-state index contributed by atoms with van der Waals surface area (Å²) in [6.07, 6.45) is 0.791. The number of rotatable bonds is 10. The van der Waals surface area contributed by atoms with Gasteiger partial charge in [-0.3, -0.25) is 25.2 Å². The van der Waals surface area contributed by atoms with Gasteiger partial charge in [-0.15, -0.1) is 0 Å². The Morgan fingerprint density at radius 2 is 1.55 bits per heavy atom. The van der Waals surface area contributed by atoms with Crippen molar-refractivity contribution < 1.29 is 23.9 Å². The summed E-state index contributed by atoms with van der Waals surface area (Å²) >= 11 is 3.40. The molecule has 3 amide bonds. The fraction of sp³-hybridized carbons (Fsp3) is 0.318. The molecule has 0 saturated heterocycles. The van der Waals surface area contributed by atoms with Crippen molar-refractivity contribution in [3.05, 3.63) is 52.5 Å². The maximum Gasteiger partial charge on any atom is 0.276 e. The highest BCUT2D eigenvalue weighted by molar-refractivity contribution is 9.10. The van der Waals surface area contributed by atoms with Crippen LogP contribution >= 0.6 is 15.9 Å². The Labute approximate surface area is 189 Å². The predicted octanol–water partition coefficient (Wildman–Crippen LogP) is 3.36. The molecule has 166 valence electrons. The van der Waals surface area contributed by atoms with Crippen LogP contribution in [0.25, 0.3) is 0 Å². The van der Waals surface area contributed by atoms with Gasteiger partial charge in [0.25, 0.3) is 5.91 Å². The largest absolute Gasteiger partial charge is 0.494 e. The molecule has 2 aromatic carbocycles. The molecule has 0 aliphatic heterocycles. The average Bonchev–Trinajstić information content (AvgIpc) is 2.76. The minimum atomic E-state index is -0.515. The van der Waals surface area contributed by atoms with E-state index in [1.54, 1.807) is 30.3 Å². The number of hydrogen-bond acceptors (Lipinski definition) is 5. The summed E-state index contributed by atoms with van der Waals surface area (Å²) in [6, 6.07) is 12.6. The minimum Gasteiger partial charge on any atom is -0.494 e. The molecular formula is C22H26BrN3O5.